The summed E-state index contributed by atoms with van der Waals surface area (Å²) in [5.74, 6) is 6.89. The summed E-state index contributed by atoms with van der Waals surface area (Å²) in [6, 6.07) is 2.73. The zero-order valence-electron chi connectivity index (χ0n) is 10.8. The molecule has 0 bridgehead atoms. The van der Waals surface area contributed by atoms with Crippen molar-refractivity contribution in [2.24, 2.45) is 5.84 Å². The maximum Gasteiger partial charge on any atom is 0.239 e. The number of nitrogens with zero attached hydrogens (tertiary/aromatic N) is 4. The molecule has 3 N–H and O–H groups in total. The molecular formula is C12H20N6. The molecule has 2 aliphatic heterocycles. The zero-order chi connectivity index (χ0) is 12.5. The van der Waals surface area contributed by atoms with Gasteiger partial charge in [0.15, 0.2) is 0 Å². The number of nitrogens with two attached hydrogens (primary N) is 1. The van der Waals surface area contributed by atoms with Crippen molar-refractivity contribution in [1.82, 2.24) is 14.9 Å². The van der Waals surface area contributed by atoms with Crippen molar-refractivity contribution in [1.29, 1.82) is 0 Å². The summed E-state index contributed by atoms with van der Waals surface area (Å²) in [6.45, 7) is 6.48. The zero-order valence-corrected chi connectivity index (χ0v) is 10.8. The van der Waals surface area contributed by atoms with Gasteiger partial charge in [0.2, 0.25) is 5.95 Å². The minimum atomic E-state index is 0.499. The van der Waals surface area contributed by atoms with Crippen LogP contribution in [0.4, 0.5) is 11.8 Å². The van der Waals surface area contributed by atoms with Crippen LogP contribution in [0.1, 0.15) is 18.5 Å². The van der Waals surface area contributed by atoms with Gasteiger partial charge in [-0.25, -0.2) is 10.8 Å². The van der Waals surface area contributed by atoms with E-state index in [0.29, 0.717) is 12.0 Å². The Bertz CT molecular complexity index is 435. The van der Waals surface area contributed by atoms with Gasteiger partial charge in [0, 0.05) is 37.4 Å². The summed E-state index contributed by atoms with van der Waals surface area (Å²) in [6.07, 6.45) is 2.64. The van der Waals surface area contributed by atoms with E-state index in [1.807, 2.05) is 13.0 Å². The third-order valence-corrected chi connectivity index (χ3v) is 3.88. The van der Waals surface area contributed by atoms with Crippen molar-refractivity contribution in [2.45, 2.75) is 25.8 Å². The molecule has 2 saturated heterocycles. The van der Waals surface area contributed by atoms with E-state index in [4.69, 9.17) is 5.84 Å². The molecule has 3 rings (SSSR count). The van der Waals surface area contributed by atoms with E-state index < -0.39 is 0 Å². The highest BCUT2D eigenvalue weighted by atomic mass is 15.3. The van der Waals surface area contributed by atoms with E-state index in [1.54, 1.807) is 0 Å². The number of piperazine rings is 1. The van der Waals surface area contributed by atoms with Crippen molar-refractivity contribution in [3.05, 3.63) is 11.8 Å². The molecule has 18 heavy (non-hydrogen) atoms. The molecule has 1 atom stereocenters. The third kappa shape index (κ3) is 2.13. The van der Waals surface area contributed by atoms with Crippen molar-refractivity contribution in [3.8, 4) is 0 Å². The third-order valence-electron chi connectivity index (χ3n) is 3.88. The van der Waals surface area contributed by atoms with Gasteiger partial charge in [0.25, 0.3) is 0 Å². The van der Waals surface area contributed by atoms with Gasteiger partial charge in [0.1, 0.15) is 5.82 Å². The standard InChI is InChI=1S/C12H20N6/c1-9-7-11(15-12(14-9)16-13)18-6-5-17-4-2-3-10(17)8-18/h7,10H,2-6,8,13H2,1H3,(H,14,15,16). The Morgan fingerprint density at radius 1 is 1.33 bits per heavy atom. The van der Waals surface area contributed by atoms with E-state index in [2.05, 4.69) is 25.2 Å². The Labute approximate surface area is 107 Å². The molecule has 0 saturated carbocycles. The average molecular weight is 248 g/mol. The number of aromatic nitrogens is 2. The molecular weight excluding hydrogens is 228 g/mol. The van der Waals surface area contributed by atoms with Crippen LogP contribution in [0, 0.1) is 6.92 Å². The number of anilines is 2. The van der Waals surface area contributed by atoms with E-state index in [-0.39, 0.29) is 0 Å². The molecule has 1 aromatic heterocycles. The van der Waals surface area contributed by atoms with E-state index >= 15 is 0 Å². The molecule has 3 heterocycles. The molecule has 6 heteroatoms. The molecule has 0 aliphatic carbocycles. The molecule has 98 valence electrons. The topological polar surface area (TPSA) is 70.3 Å². The van der Waals surface area contributed by atoms with Crippen LogP contribution in [0.2, 0.25) is 0 Å². The molecule has 0 aromatic carbocycles. The predicted octanol–water partition coefficient (Wildman–Crippen LogP) is 0.355. The number of nitrogen functional groups attached to an aromatic ring is 1. The van der Waals surface area contributed by atoms with Crippen LogP contribution in [-0.4, -0.2) is 47.1 Å². The Morgan fingerprint density at radius 3 is 3.06 bits per heavy atom. The number of aryl methyl sites for hydroxylation is 1. The number of hydrogen-bond acceptors (Lipinski definition) is 6. The Balaban J connectivity index is 1.80. The van der Waals surface area contributed by atoms with Gasteiger partial charge in [-0.15, -0.1) is 0 Å². The highest BCUT2D eigenvalue weighted by molar-refractivity contribution is 5.45. The van der Waals surface area contributed by atoms with Crippen LogP contribution in [0.3, 0.4) is 0 Å². The van der Waals surface area contributed by atoms with Crippen LogP contribution < -0.4 is 16.2 Å². The number of hydrogen-bond donors (Lipinski definition) is 2. The molecule has 0 radical (unpaired) electrons. The lowest BCUT2D eigenvalue weighted by molar-refractivity contribution is 0.230. The van der Waals surface area contributed by atoms with Crippen LogP contribution in [0.25, 0.3) is 0 Å². The number of rotatable bonds is 2. The fraction of sp³-hybridized carbons (Fsp3) is 0.667. The lowest BCUT2D eigenvalue weighted by atomic mass is 10.1. The molecule has 1 unspecified atom stereocenters. The highest BCUT2D eigenvalue weighted by Gasteiger charge is 2.31. The first-order valence-corrected chi connectivity index (χ1v) is 6.57. The quantitative estimate of drug-likeness (QED) is 0.581. The van der Waals surface area contributed by atoms with Crippen LogP contribution in [-0.2, 0) is 0 Å². The maximum atomic E-state index is 5.40. The first-order valence-electron chi connectivity index (χ1n) is 6.57. The summed E-state index contributed by atoms with van der Waals surface area (Å²) in [5.41, 5.74) is 3.48. The highest BCUT2D eigenvalue weighted by Crippen LogP contribution is 2.25. The predicted molar refractivity (Wildman–Crippen MR) is 71.4 cm³/mol. The van der Waals surface area contributed by atoms with Gasteiger partial charge in [-0.05, 0) is 26.3 Å². The van der Waals surface area contributed by atoms with Crippen LogP contribution in [0.15, 0.2) is 6.07 Å². The first kappa shape index (κ1) is 11.7. The summed E-state index contributed by atoms with van der Waals surface area (Å²) in [5, 5.41) is 0. The maximum absolute atomic E-state index is 5.40. The fourth-order valence-electron chi connectivity index (χ4n) is 2.98. The van der Waals surface area contributed by atoms with Crippen molar-refractivity contribution >= 4 is 11.8 Å². The molecule has 0 spiro atoms. The normalized spacial score (nSPS) is 24.1. The van der Waals surface area contributed by atoms with Gasteiger partial charge in [-0.3, -0.25) is 10.3 Å². The Morgan fingerprint density at radius 2 is 2.22 bits per heavy atom. The lowest BCUT2D eigenvalue weighted by Gasteiger charge is -2.38. The summed E-state index contributed by atoms with van der Waals surface area (Å²) in [7, 11) is 0. The van der Waals surface area contributed by atoms with Gasteiger partial charge in [-0.1, -0.05) is 0 Å². The summed E-state index contributed by atoms with van der Waals surface area (Å²) in [4.78, 5) is 13.6. The number of fused-ring (bicyclic) bond motifs is 1. The molecule has 1 aromatic rings. The molecule has 0 amide bonds. The SMILES string of the molecule is Cc1cc(N2CCN3CCCC3C2)nc(NN)n1. The minimum absolute atomic E-state index is 0.499. The van der Waals surface area contributed by atoms with Gasteiger partial charge in [0.05, 0.1) is 0 Å². The fourth-order valence-corrected chi connectivity index (χ4v) is 2.98. The first-order chi connectivity index (χ1) is 8.76. The number of nitrogens with one attached hydrogen (secondary N) is 1. The van der Waals surface area contributed by atoms with E-state index in [9.17, 15) is 0 Å². The molecule has 6 nitrogen and oxygen atoms in total. The monoisotopic (exact) mass is 248 g/mol. The Kier molecular flexibility index (Phi) is 3.05. The van der Waals surface area contributed by atoms with Gasteiger partial charge < -0.3 is 4.90 Å². The van der Waals surface area contributed by atoms with Crippen molar-refractivity contribution in [3.63, 3.8) is 0 Å². The largest absolute Gasteiger partial charge is 0.354 e. The Hall–Kier alpha value is -1.40. The van der Waals surface area contributed by atoms with Gasteiger partial charge in [-0.2, -0.15) is 4.98 Å². The number of hydrazine groups is 1. The minimum Gasteiger partial charge on any atom is -0.354 e. The molecule has 2 aliphatic rings. The van der Waals surface area contributed by atoms with Crippen molar-refractivity contribution in [2.75, 3.05) is 36.5 Å². The smallest absolute Gasteiger partial charge is 0.239 e. The van der Waals surface area contributed by atoms with Gasteiger partial charge >= 0.3 is 0 Å². The summed E-state index contributed by atoms with van der Waals surface area (Å²) < 4.78 is 0. The average Bonchev–Trinajstić information content (AvgIpc) is 2.85. The van der Waals surface area contributed by atoms with Crippen LogP contribution >= 0.6 is 0 Å². The van der Waals surface area contributed by atoms with E-state index in [1.165, 1.54) is 19.4 Å². The lowest BCUT2D eigenvalue weighted by Crippen LogP contribution is -2.50. The van der Waals surface area contributed by atoms with Crippen molar-refractivity contribution < 1.29 is 0 Å². The second-order valence-corrected chi connectivity index (χ2v) is 5.11. The molecule has 2 fully saturated rings. The second kappa shape index (κ2) is 4.70. The summed E-state index contributed by atoms with van der Waals surface area (Å²) >= 11 is 0. The van der Waals surface area contributed by atoms with E-state index in [0.717, 1.165) is 31.1 Å². The second-order valence-electron chi connectivity index (χ2n) is 5.11. The van der Waals surface area contributed by atoms with Crippen LogP contribution in [0.5, 0.6) is 0 Å².